The minimum absolute atomic E-state index is 0.0406. The summed E-state index contributed by atoms with van der Waals surface area (Å²) in [5.41, 5.74) is 0.877. The molecule has 0 spiro atoms. The van der Waals surface area contributed by atoms with Crippen molar-refractivity contribution in [1.82, 2.24) is 5.32 Å². The second kappa shape index (κ2) is 6.79. The number of rotatable bonds is 5. The molecule has 2 N–H and O–H groups in total. The second-order valence-corrected chi connectivity index (χ2v) is 5.31. The van der Waals surface area contributed by atoms with Gasteiger partial charge in [-0.3, -0.25) is 4.79 Å². The molecule has 0 unspecified atom stereocenters. The van der Waals surface area contributed by atoms with Gasteiger partial charge in [-0.15, -0.1) is 0 Å². The molecule has 3 nitrogen and oxygen atoms in total. The summed E-state index contributed by atoms with van der Waals surface area (Å²) in [5.74, 6) is -0.941. The van der Waals surface area contributed by atoms with Crippen molar-refractivity contribution in [2.45, 2.75) is 44.7 Å². The van der Waals surface area contributed by atoms with Gasteiger partial charge in [-0.05, 0) is 37.3 Å². The van der Waals surface area contributed by atoms with Crippen LogP contribution in [0.15, 0.2) is 24.3 Å². The number of aliphatic carboxylic acids is 1. The summed E-state index contributed by atoms with van der Waals surface area (Å²) in [6, 6.07) is 6.68. The predicted molar refractivity (Wildman–Crippen MR) is 71.6 cm³/mol. The van der Waals surface area contributed by atoms with Crippen molar-refractivity contribution >= 4 is 5.97 Å². The van der Waals surface area contributed by atoms with E-state index in [1.807, 2.05) is 6.07 Å². The lowest BCUT2D eigenvalue weighted by Gasteiger charge is -2.27. The zero-order valence-corrected chi connectivity index (χ0v) is 11.2. The van der Waals surface area contributed by atoms with E-state index in [-0.39, 0.29) is 17.5 Å². The summed E-state index contributed by atoms with van der Waals surface area (Å²) in [4.78, 5) is 10.9. The van der Waals surface area contributed by atoms with E-state index in [1.54, 1.807) is 6.07 Å². The summed E-state index contributed by atoms with van der Waals surface area (Å²) in [7, 11) is 0. The van der Waals surface area contributed by atoms with Crippen LogP contribution in [0.4, 0.5) is 8.78 Å². The molecular weight excluding hydrogens is 264 g/mol. The number of alkyl halides is 2. The third-order valence-corrected chi connectivity index (χ3v) is 3.87. The molecule has 0 radical (unpaired) electrons. The fourth-order valence-electron chi connectivity index (χ4n) is 2.65. The Balaban J connectivity index is 1.81. The van der Waals surface area contributed by atoms with Gasteiger partial charge in [0.25, 0.3) is 6.43 Å². The fraction of sp³-hybridized carbons (Fsp3) is 0.533. The molecule has 5 heteroatoms. The highest BCUT2D eigenvalue weighted by atomic mass is 19.3. The van der Waals surface area contributed by atoms with Gasteiger partial charge in [0, 0.05) is 18.2 Å². The molecule has 0 saturated heterocycles. The van der Waals surface area contributed by atoms with Gasteiger partial charge < -0.3 is 10.4 Å². The van der Waals surface area contributed by atoms with Crippen LogP contribution in [0, 0.1) is 5.92 Å². The van der Waals surface area contributed by atoms with E-state index in [2.05, 4.69) is 5.32 Å². The Morgan fingerprint density at radius 1 is 1.30 bits per heavy atom. The second-order valence-electron chi connectivity index (χ2n) is 5.31. The summed E-state index contributed by atoms with van der Waals surface area (Å²) in [6.45, 7) is 0.545. The maximum absolute atomic E-state index is 12.6. The molecule has 0 atom stereocenters. The minimum atomic E-state index is -2.44. The van der Waals surface area contributed by atoms with E-state index >= 15 is 0 Å². The van der Waals surface area contributed by atoms with E-state index in [0.29, 0.717) is 19.4 Å². The first-order valence-corrected chi connectivity index (χ1v) is 6.89. The maximum Gasteiger partial charge on any atom is 0.306 e. The van der Waals surface area contributed by atoms with E-state index < -0.39 is 12.4 Å². The minimum Gasteiger partial charge on any atom is -0.481 e. The van der Waals surface area contributed by atoms with Crippen LogP contribution in [0.3, 0.4) is 0 Å². The van der Waals surface area contributed by atoms with Crippen LogP contribution in [0.2, 0.25) is 0 Å². The van der Waals surface area contributed by atoms with E-state index in [0.717, 1.165) is 18.4 Å². The fourth-order valence-corrected chi connectivity index (χ4v) is 2.65. The molecular formula is C15H19F2NO2. The van der Waals surface area contributed by atoms with Crippen molar-refractivity contribution in [3.8, 4) is 0 Å². The zero-order valence-electron chi connectivity index (χ0n) is 11.2. The summed E-state index contributed by atoms with van der Waals surface area (Å²) in [6.07, 6.45) is 0.575. The zero-order chi connectivity index (χ0) is 14.5. The van der Waals surface area contributed by atoms with Gasteiger partial charge >= 0.3 is 5.97 Å². The average molecular weight is 283 g/mol. The number of carboxylic acid groups (broad SMARTS) is 1. The number of hydrogen-bond acceptors (Lipinski definition) is 2. The van der Waals surface area contributed by atoms with E-state index in [4.69, 9.17) is 5.11 Å². The number of halogens is 2. The quantitative estimate of drug-likeness (QED) is 0.871. The Bertz CT molecular complexity index is 457. The Morgan fingerprint density at radius 3 is 2.60 bits per heavy atom. The normalized spacial score (nSPS) is 22.9. The largest absolute Gasteiger partial charge is 0.481 e. The summed E-state index contributed by atoms with van der Waals surface area (Å²) >= 11 is 0. The number of hydrogen-bond donors (Lipinski definition) is 2. The van der Waals surface area contributed by atoms with Crippen LogP contribution in [0.25, 0.3) is 0 Å². The van der Waals surface area contributed by atoms with Gasteiger partial charge in [-0.2, -0.15) is 0 Å². The molecule has 1 aliphatic rings. The lowest BCUT2D eigenvalue weighted by Crippen LogP contribution is -2.34. The number of nitrogens with one attached hydrogen (secondary N) is 1. The summed E-state index contributed by atoms with van der Waals surface area (Å²) < 4.78 is 25.2. The van der Waals surface area contributed by atoms with Crippen molar-refractivity contribution in [3.63, 3.8) is 0 Å². The van der Waals surface area contributed by atoms with Crippen molar-refractivity contribution in [2.75, 3.05) is 0 Å². The highest BCUT2D eigenvalue weighted by Crippen LogP contribution is 2.25. The van der Waals surface area contributed by atoms with Crippen LogP contribution >= 0.6 is 0 Å². The third kappa shape index (κ3) is 4.00. The molecule has 1 aromatic rings. The summed E-state index contributed by atoms with van der Waals surface area (Å²) in [5, 5.41) is 12.2. The van der Waals surface area contributed by atoms with Crippen LogP contribution < -0.4 is 5.32 Å². The van der Waals surface area contributed by atoms with Crippen LogP contribution in [0.5, 0.6) is 0 Å². The molecule has 1 aromatic carbocycles. The van der Waals surface area contributed by atoms with E-state index in [9.17, 15) is 13.6 Å². The van der Waals surface area contributed by atoms with Crippen molar-refractivity contribution in [1.29, 1.82) is 0 Å². The highest BCUT2D eigenvalue weighted by Gasteiger charge is 2.25. The Kier molecular flexibility index (Phi) is 5.06. The molecule has 1 aliphatic carbocycles. The smallest absolute Gasteiger partial charge is 0.306 e. The molecule has 20 heavy (non-hydrogen) atoms. The van der Waals surface area contributed by atoms with Gasteiger partial charge in [-0.25, -0.2) is 8.78 Å². The molecule has 0 aliphatic heterocycles. The predicted octanol–water partition coefficient (Wildman–Crippen LogP) is 3.36. The van der Waals surface area contributed by atoms with Crippen LogP contribution in [0.1, 0.15) is 43.2 Å². The van der Waals surface area contributed by atoms with Gasteiger partial charge in [0.05, 0.1) is 5.92 Å². The molecule has 0 heterocycles. The lowest BCUT2D eigenvalue weighted by molar-refractivity contribution is -0.142. The van der Waals surface area contributed by atoms with Gasteiger partial charge in [0.2, 0.25) is 0 Å². The third-order valence-electron chi connectivity index (χ3n) is 3.87. The topological polar surface area (TPSA) is 49.3 Å². The Morgan fingerprint density at radius 2 is 2.00 bits per heavy atom. The van der Waals surface area contributed by atoms with Gasteiger partial charge in [0.15, 0.2) is 0 Å². The molecule has 0 aromatic heterocycles. The molecule has 1 saturated carbocycles. The lowest BCUT2D eigenvalue weighted by atomic mass is 9.86. The van der Waals surface area contributed by atoms with Crippen LogP contribution in [-0.2, 0) is 11.3 Å². The van der Waals surface area contributed by atoms with E-state index in [1.165, 1.54) is 12.1 Å². The number of carboxylic acids is 1. The highest BCUT2D eigenvalue weighted by molar-refractivity contribution is 5.70. The van der Waals surface area contributed by atoms with Crippen LogP contribution in [-0.4, -0.2) is 17.1 Å². The maximum atomic E-state index is 12.6. The van der Waals surface area contributed by atoms with Gasteiger partial charge in [0.1, 0.15) is 0 Å². The standard InChI is InChI=1S/C15H19F2NO2/c16-14(17)12-3-1-2-10(8-12)9-18-13-6-4-11(5-7-13)15(19)20/h1-3,8,11,13-14,18H,4-7,9H2,(H,19,20). The molecule has 1 fully saturated rings. The molecule has 110 valence electrons. The van der Waals surface area contributed by atoms with Gasteiger partial charge in [-0.1, -0.05) is 18.2 Å². The molecule has 0 bridgehead atoms. The van der Waals surface area contributed by atoms with Crippen molar-refractivity contribution in [2.24, 2.45) is 5.92 Å². The van der Waals surface area contributed by atoms with Crippen molar-refractivity contribution < 1.29 is 18.7 Å². The van der Waals surface area contributed by atoms with Crippen molar-refractivity contribution in [3.05, 3.63) is 35.4 Å². The monoisotopic (exact) mass is 283 g/mol. The number of benzene rings is 1. The number of carbonyl (C=O) groups is 1. The molecule has 2 rings (SSSR count). The Hall–Kier alpha value is -1.49. The first kappa shape index (κ1) is 14.9. The average Bonchev–Trinajstić information content (AvgIpc) is 2.46. The molecule has 0 amide bonds. The Labute approximate surface area is 117 Å². The first-order valence-electron chi connectivity index (χ1n) is 6.89. The first-order chi connectivity index (χ1) is 9.56. The SMILES string of the molecule is O=C(O)C1CCC(NCc2cccc(C(F)F)c2)CC1.